The summed E-state index contributed by atoms with van der Waals surface area (Å²) in [4.78, 5) is 13.5. The van der Waals surface area contributed by atoms with Gasteiger partial charge in [-0.2, -0.15) is 0 Å². The summed E-state index contributed by atoms with van der Waals surface area (Å²) in [5, 5.41) is 2.95. The van der Waals surface area contributed by atoms with Crippen molar-refractivity contribution in [3.63, 3.8) is 0 Å². The van der Waals surface area contributed by atoms with Crippen LogP contribution in [0.2, 0.25) is 0 Å². The van der Waals surface area contributed by atoms with E-state index in [-0.39, 0.29) is 5.91 Å². The molecule has 3 nitrogen and oxygen atoms in total. The Morgan fingerprint density at radius 3 is 2.84 bits per heavy atom. The number of hydrogen-bond acceptors (Lipinski definition) is 1. The minimum absolute atomic E-state index is 0.119. The molecular formula is C15H22BrN2O+. The van der Waals surface area contributed by atoms with Crippen LogP contribution in [0.3, 0.4) is 0 Å². The van der Waals surface area contributed by atoms with Crippen molar-refractivity contribution < 1.29 is 9.69 Å². The van der Waals surface area contributed by atoms with Gasteiger partial charge in [-0.3, -0.25) is 4.79 Å². The number of amides is 1. The third-order valence-electron chi connectivity index (χ3n) is 3.70. The maximum Gasteiger partial charge on any atom is 0.230 e. The van der Waals surface area contributed by atoms with Gasteiger partial charge in [0.2, 0.25) is 5.91 Å². The lowest BCUT2D eigenvalue weighted by Gasteiger charge is -2.27. The first-order valence-electron chi connectivity index (χ1n) is 7.02. The molecule has 1 aliphatic heterocycles. The van der Waals surface area contributed by atoms with Crippen molar-refractivity contribution in [1.29, 1.82) is 0 Å². The van der Waals surface area contributed by atoms with Crippen LogP contribution in [0.4, 0.5) is 5.69 Å². The van der Waals surface area contributed by atoms with Crippen molar-refractivity contribution in [3.8, 4) is 0 Å². The number of piperidine rings is 1. The standard InChI is InChI=1S/C15H21BrN2O/c1-12-3-2-9-18(11-12)10-8-15(19)17-14-6-4-13(16)5-7-14/h4-7,12H,2-3,8-11H2,1H3,(H,17,19)/p+1/t12-/m1/s1. The molecule has 4 heteroatoms. The number of likely N-dealkylation sites (tertiary alicyclic amines) is 1. The molecule has 2 rings (SSSR count). The highest BCUT2D eigenvalue weighted by Gasteiger charge is 2.20. The van der Waals surface area contributed by atoms with Crippen molar-refractivity contribution in [2.45, 2.75) is 26.2 Å². The van der Waals surface area contributed by atoms with E-state index in [1.165, 1.54) is 25.9 Å². The zero-order valence-corrected chi connectivity index (χ0v) is 13.0. The Morgan fingerprint density at radius 2 is 2.16 bits per heavy atom. The number of hydrogen-bond donors (Lipinski definition) is 2. The van der Waals surface area contributed by atoms with E-state index in [2.05, 4.69) is 28.2 Å². The van der Waals surface area contributed by atoms with Crippen LogP contribution in [-0.4, -0.2) is 25.5 Å². The Kier molecular flexibility index (Phi) is 5.40. The zero-order chi connectivity index (χ0) is 13.7. The molecule has 1 amide bonds. The molecule has 0 saturated carbocycles. The lowest BCUT2D eigenvalue weighted by atomic mass is 10.0. The monoisotopic (exact) mass is 325 g/mol. The maximum absolute atomic E-state index is 11.9. The molecule has 1 fully saturated rings. The van der Waals surface area contributed by atoms with Gasteiger partial charge in [-0.05, 0) is 37.1 Å². The van der Waals surface area contributed by atoms with Gasteiger partial charge in [0.05, 0.1) is 26.1 Å². The molecule has 1 aromatic rings. The fraction of sp³-hybridized carbons (Fsp3) is 0.533. The van der Waals surface area contributed by atoms with E-state index in [9.17, 15) is 4.79 Å². The van der Waals surface area contributed by atoms with Crippen LogP contribution in [0.25, 0.3) is 0 Å². The zero-order valence-electron chi connectivity index (χ0n) is 11.4. The van der Waals surface area contributed by atoms with E-state index < -0.39 is 0 Å². The predicted octanol–water partition coefficient (Wildman–Crippen LogP) is 2.09. The normalized spacial score (nSPS) is 23.1. The van der Waals surface area contributed by atoms with E-state index in [4.69, 9.17) is 0 Å². The molecule has 2 N–H and O–H groups in total. The summed E-state index contributed by atoms with van der Waals surface area (Å²) in [5.41, 5.74) is 0.871. The van der Waals surface area contributed by atoms with Crippen LogP contribution < -0.4 is 10.2 Å². The summed E-state index contributed by atoms with van der Waals surface area (Å²) in [6.45, 7) is 5.69. The molecule has 0 aromatic heterocycles. The van der Waals surface area contributed by atoms with E-state index >= 15 is 0 Å². The first-order valence-corrected chi connectivity index (χ1v) is 7.82. The SMILES string of the molecule is C[C@@H]1CCC[NH+](CCC(=O)Nc2ccc(Br)cc2)C1. The summed E-state index contributed by atoms with van der Waals surface area (Å²) in [7, 11) is 0. The van der Waals surface area contributed by atoms with Crippen molar-refractivity contribution in [2.24, 2.45) is 5.92 Å². The van der Waals surface area contributed by atoms with Gasteiger partial charge in [0.15, 0.2) is 0 Å². The van der Waals surface area contributed by atoms with E-state index in [0.29, 0.717) is 6.42 Å². The fourth-order valence-electron chi connectivity index (χ4n) is 2.67. The summed E-state index contributed by atoms with van der Waals surface area (Å²) in [6.07, 6.45) is 3.25. The summed E-state index contributed by atoms with van der Waals surface area (Å²) in [5.74, 6) is 0.923. The Morgan fingerprint density at radius 1 is 1.42 bits per heavy atom. The van der Waals surface area contributed by atoms with Gasteiger partial charge < -0.3 is 10.2 Å². The first kappa shape index (κ1) is 14.5. The average Bonchev–Trinajstić information content (AvgIpc) is 2.39. The first-order chi connectivity index (χ1) is 9.13. The molecule has 0 radical (unpaired) electrons. The highest BCUT2D eigenvalue weighted by atomic mass is 79.9. The Balaban J connectivity index is 1.73. The second-order valence-corrected chi connectivity index (χ2v) is 6.42. The van der Waals surface area contributed by atoms with Crippen molar-refractivity contribution in [2.75, 3.05) is 25.0 Å². The third kappa shape index (κ3) is 4.96. The largest absolute Gasteiger partial charge is 0.334 e. The van der Waals surface area contributed by atoms with Gasteiger partial charge >= 0.3 is 0 Å². The number of anilines is 1. The highest BCUT2D eigenvalue weighted by molar-refractivity contribution is 9.10. The van der Waals surface area contributed by atoms with Crippen molar-refractivity contribution in [1.82, 2.24) is 0 Å². The molecule has 1 saturated heterocycles. The lowest BCUT2D eigenvalue weighted by molar-refractivity contribution is -0.907. The minimum atomic E-state index is 0.119. The van der Waals surface area contributed by atoms with Gasteiger partial charge in [0.25, 0.3) is 0 Å². The second-order valence-electron chi connectivity index (χ2n) is 5.51. The van der Waals surface area contributed by atoms with Crippen LogP contribution in [0.1, 0.15) is 26.2 Å². The number of carbonyl (C=O) groups excluding carboxylic acids is 1. The molecule has 1 unspecified atom stereocenters. The fourth-order valence-corrected chi connectivity index (χ4v) is 2.94. The average molecular weight is 326 g/mol. The quantitative estimate of drug-likeness (QED) is 0.873. The summed E-state index contributed by atoms with van der Waals surface area (Å²) in [6, 6.07) is 7.70. The second kappa shape index (κ2) is 7.06. The summed E-state index contributed by atoms with van der Waals surface area (Å²) >= 11 is 3.38. The van der Waals surface area contributed by atoms with Crippen LogP contribution in [0.5, 0.6) is 0 Å². The Bertz CT molecular complexity index is 419. The number of quaternary nitrogens is 1. The molecule has 19 heavy (non-hydrogen) atoms. The molecule has 2 atom stereocenters. The van der Waals surface area contributed by atoms with Crippen LogP contribution in [-0.2, 0) is 4.79 Å². The van der Waals surface area contributed by atoms with Crippen LogP contribution in [0.15, 0.2) is 28.7 Å². The smallest absolute Gasteiger partial charge is 0.230 e. The molecule has 0 bridgehead atoms. The molecule has 0 aliphatic carbocycles. The molecule has 1 aromatic carbocycles. The molecule has 0 spiro atoms. The molecule has 104 valence electrons. The topological polar surface area (TPSA) is 33.5 Å². The lowest BCUT2D eigenvalue weighted by Crippen LogP contribution is -3.13. The molecule has 1 heterocycles. The number of halogens is 1. The van der Waals surface area contributed by atoms with E-state index in [1.807, 2.05) is 24.3 Å². The predicted molar refractivity (Wildman–Crippen MR) is 81.4 cm³/mol. The van der Waals surface area contributed by atoms with E-state index in [1.54, 1.807) is 4.90 Å². The van der Waals surface area contributed by atoms with E-state index in [0.717, 1.165) is 22.6 Å². The number of benzene rings is 1. The van der Waals surface area contributed by atoms with Crippen LogP contribution in [0, 0.1) is 5.92 Å². The van der Waals surface area contributed by atoms with Gasteiger partial charge in [-0.15, -0.1) is 0 Å². The van der Waals surface area contributed by atoms with Crippen molar-refractivity contribution in [3.05, 3.63) is 28.7 Å². The maximum atomic E-state index is 11.9. The highest BCUT2D eigenvalue weighted by Crippen LogP contribution is 2.14. The van der Waals surface area contributed by atoms with Gasteiger partial charge in [0, 0.05) is 16.1 Å². The van der Waals surface area contributed by atoms with Crippen molar-refractivity contribution >= 4 is 27.5 Å². The molecular weight excluding hydrogens is 304 g/mol. The van der Waals surface area contributed by atoms with Gasteiger partial charge in [0.1, 0.15) is 0 Å². The third-order valence-corrected chi connectivity index (χ3v) is 4.23. The minimum Gasteiger partial charge on any atom is -0.334 e. The number of carbonyl (C=O) groups is 1. The van der Waals surface area contributed by atoms with Gasteiger partial charge in [-0.1, -0.05) is 22.9 Å². The number of rotatable bonds is 4. The van der Waals surface area contributed by atoms with Gasteiger partial charge in [-0.25, -0.2) is 0 Å². The summed E-state index contributed by atoms with van der Waals surface area (Å²) < 4.78 is 1.03. The Hall–Kier alpha value is -0.870. The number of nitrogens with one attached hydrogen (secondary N) is 2. The Labute approximate surface area is 123 Å². The molecule has 1 aliphatic rings. The van der Waals surface area contributed by atoms with Crippen LogP contribution >= 0.6 is 15.9 Å².